The van der Waals surface area contributed by atoms with Crippen molar-refractivity contribution in [1.29, 1.82) is 0 Å². The van der Waals surface area contributed by atoms with E-state index in [1.54, 1.807) is 35.5 Å². The zero-order valence-electron chi connectivity index (χ0n) is 11.6. The molecule has 0 saturated heterocycles. The molecule has 1 unspecified atom stereocenters. The third-order valence-electron chi connectivity index (χ3n) is 3.06. The average Bonchev–Trinajstić information content (AvgIpc) is 3.04. The van der Waals surface area contributed by atoms with Gasteiger partial charge in [0.2, 0.25) is 0 Å². The van der Waals surface area contributed by atoms with Crippen LogP contribution < -0.4 is 5.32 Å². The fourth-order valence-electron chi connectivity index (χ4n) is 1.96. The third-order valence-corrected chi connectivity index (χ3v) is 3.06. The summed E-state index contributed by atoms with van der Waals surface area (Å²) in [5.41, 5.74) is 1.17. The van der Waals surface area contributed by atoms with E-state index in [1.165, 1.54) is 11.9 Å². The minimum Gasteiger partial charge on any atom is -0.303 e. The largest absolute Gasteiger partial charge is 0.303 e. The van der Waals surface area contributed by atoms with E-state index in [2.05, 4.69) is 30.4 Å². The van der Waals surface area contributed by atoms with Gasteiger partial charge in [-0.2, -0.15) is 9.78 Å². The molecule has 0 bridgehead atoms. The van der Waals surface area contributed by atoms with Gasteiger partial charge in [-0.15, -0.1) is 0 Å². The van der Waals surface area contributed by atoms with Crippen LogP contribution in [0, 0.1) is 0 Å². The SMILES string of the molecule is CC(NCc1ccncc1)c1ncnn1-c1ncccn1. The van der Waals surface area contributed by atoms with Crippen LogP contribution in [0.15, 0.2) is 49.3 Å². The maximum atomic E-state index is 4.30. The molecule has 7 nitrogen and oxygen atoms in total. The van der Waals surface area contributed by atoms with Crippen LogP contribution in [0.25, 0.3) is 5.95 Å². The van der Waals surface area contributed by atoms with Crippen molar-refractivity contribution in [3.05, 3.63) is 60.7 Å². The van der Waals surface area contributed by atoms with Gasteiger partial charge in [0.05, 0.1) is 6.04 Å². The van der Waals surface area contributed by atoms with E-state index in [0.29, 0.717) is 5.95 Å². The molecule has 0 radical (unpaired) electrons. The zero-order valence-corrected chi connectivity index (χ0v) is 11.6. The highest BCUT2D eigenvalue weighted by molar-refractivity contribution is 5.13. The van der Waals surface area contributed by atoms with Crippen molar-refractivity contribution in [2.45, 2.75) is 19.5 Å². The van der Waals surface area contributed by atoms with Gasteiger partial charge in [0, 0.05) is 31.3 Å². The smallest absolute Gasteiger partial charge is 0.252 e. The highest BCUT2D eigenvalue weighted by Crippen LogP contribution is 2.12. The highest BCUT2D eigenvalue weighted by Gasteiger charge is 2.15. The summed E-state index contributed by atoms with van der Waals surface area (Å²) in [5.74, 6) is 1.29. The van der Waals surface area contributed by atoms with Gasteiger partial charge in [0.15, 0.2) is 5.82 Å². The molecule has 3 aromatic heterocycles. The Labute approximate surface area is 122 Å². The van der Waals surface area contributed by atoms with E-state index >= 15 is 0 Å². The Morgan fingerprint density at radius 3 is 2.62 bits per heavy atom. The molecular formula is C14H15N7. The number of nitrogens with zero attached hydrogens (tertiary/aromatic N) is 6. The van der Waals surface area contributed by atoms with Gasteiger partial charge in [-0.05, 0) is 30.7 Å². The minimum atomic E-state index is 0.0180. The molecule has 21 heavy (non-hydrogen) atoms. The second-order valence-electron chi connectivity index (χ2n) is 4.54. The molecule has 0 aliphatic heterocycles. The number of aromatic nitrogens is 6. The van der Waals surface area contributed by atoms with E-state index in [1.807, 2.05) is 19.1 Å². The first-order valence-electron chi connectivity index (χ1n) is 6.64. The van der Waals surface area contributed by atoms with Gasteiger partial charge in [-0.25, -0.2) is 15.0 Å². The van der Waals surface area contributed by atoms with Crippen molar-refractivity contribution in [3.63, 3.8) is 0 Å². The molecule has 0 aromatic carbocycles. The zero-order chi connectivity index (χ0) is 14.5. The molecule has 3 rings (SSSR count). The third kappa shape index (κ3) is 3.09. The molecule has 3 heterocycles. The average molecular weight is 281 g/mol. The van der Waals surface area contributed by atoms with E-state index in [0.717, 1.165) is 12.4 Å². The number of nitrogens with one attached hydrogen (secondary N) is 1. The lowest BCUT2D eigenvalue weighted by Gasteiger charge is -2.13. The van der Waals surface area contributed by atoms with Crippen LogP contribution in [0.1, 0.15) is 24.4 Å². The molecule has 0 spiro atoms. The van der Waals surface area contributed by atoms with Gasteiger partial charge in [0.25, 0.3) is 5.95 Å². The monoisotopic (exact) mass is 281 g/mol. The van der Waals surface area contributed by atoms with E-state index in [-0.39, 0.29) is 6.04 Å². The van der Waals surface area contributed by atoms with Crippen molar-refractivity contribution < 1.29 is 0 Å². The molecule has 3 aromatic rings. The van der Waals surface area contributed by atoms with E-state index in [4.69, 9.17) is 0 Å². The Morgan fingerprint density at radius 2 is 1.86 bits per heavy atom. The lowest BCUT2D eigenvalue weighted by Crippen LogP contribution is -2.22. The van der Waals surface area contributed by atoms with Gasteiger partial charge >= 0.3 is 0 Å². The van der Waals surface area contributed by atoms with Crippen molar-refractivity contribution in [2.24, 2.45) is 0 Å². The minimum absolute atomic E-state index is 0.0180. The molecule has 0 saturated carbocycles. The summed E-state index contributed by atoms with van der Waals surface area (Å²) in [4.78, 5) is 16.7. The van der Waals surface area contributed by atoms with Crippen LogP contribution in [0.3, 0.4) is 0 Å². The Kier molecular flexibility index (Phi) is 3.92. The van der Waals surface area contributed by atoms with Crippen LogP contribution >= 0.6 is 0 Å². The van der Waals surface area contributed by atoms with E-state index < -0.39 is 0 Å². The number of hydrogen-bond acceptors (Lipinski definition) is 6. The summed E-state index contributed by atoms with van der Waals surface area (Å²) in [5, 5.41) is 7.60. The van der Waals surface area contributed by atoms with Crippen molar-refractivity contribution >= 4 is 0 Å². The van der Waals surface area contributed by atoms with Gasteiger partial charge in [-0.3, -0.25) is 4.98 Å². The normalized spacial score (nSPS) is 12.2. The molecule has 1 atom stereocenters. The molecule has 1 N–H and O–H groups in total. The summed E-state index contributed by atoms with van der Waals surface area (Å²) in [6, 6.07) is 5.74. The summed E-state index contributed by atoms with van der Waals surface area (Å²) < 4.78 is 1.64. The van der Waals surface area contributed by atoms with Crippen LogP contribution in [0.4, 0.5) is 0 Å². The first-order chi connectivity index (χ1) is 10.3. The predicted octanol–water partition coefficient (Wildman–Crippen LogP) is 1.30. The van der Waals surface area contributed by atoms with Gasteiger partial charge in [-0.1, -0.05) is 0 Å². The van der Waals surface area contributed by atoms with Crippen LogP contribution in [-0.4, -0.2) is 29.7 Å². The first-order valence-corrected chi connectivity index (χ1v) is 6.64. The van der Waals surface area contributed by atoms with Crippen molar-refractivity contribution in [2.75, 3.05) is 0 Å². The molecule has 0 aliphatic rings. The lowest BCUT2D eigenvalue weighted by atomic mass is 10.2. The van der Waals surface area contributed by atoms with E-state index in [9.17, 15) is 0 Å². The molecule has 7 heteroatoms. The summed E-state index contributed by atoms with van der Waals surface area (Å²) in [6.07, 6.45) is 8.44. The fraction of sp³-hybridized carbons (Fsp3) is 0.214. The van der Waals surface area contributed by atoms with Crippen LogP contribution in [0.2, 0.25) is 0 Å². The van der Waals surface area contributed by atoms with Crippen molar-refractivity contribution in [1.82, 2.24) is 35.0 Å². The molecule has 0 fully saturated rings. The molecule has 106 valence electrons. The number of rotatable bonds is 5. The Balaban J connectivity index is 1.74. The van der Waals surface area contributed by atoms with Crippen LogP contribution in [-0.2, 0) is 6.54 Å². The lowest BCUT2D eigenvalue weighted by molar-refractivity contribution is 0.528. The Morgan fingerprint density at radius 1 is 1.10 bits per heavy atom. The predicted molar refractivity (Wildman–Crippen MR) is 76.4 cm³/mol. The Hall–Kier alpha value is -2.67. The van der Waals surface area contributed by atoms with Crippen molar-refractivity contribution in [3.8, 4) is 5.95 Å². The van der Waals surface area contributed by atoms with Gasteiger partial charge < -0.3 is 5.32 Å². The quantitative estimate of drug-likeness (QED) is 0.759. The molecular weight excluding hydrogens is 266 g/mol. The molecule has 0 amide bonds. The second-order valence-corrected chi connectivity index (χ2v) is 4.54. The maximum Gasteiger partial charge on any atom is 0.252 e. The maximum absolute atomic E-state index is 4.30. The number of hydrogen-bond donors (Lipinski definition) is 1. The highest BCUT2D eigenvalue weighted by atomic mass is 15.4. The number of pyridine rings is 1. The second kappa shape index (κ2) is 6.19. The summed E-state index contributed by atoms with van der Waals surface area (Å²) in [6.45, 7) is 2.76. The standard InChI is InChI=1S/C14H15N7/c1-11(18-9-12-3-7-15-8-4-12)13-19-10-20-21(13)14-16-5-2-6-17-14/h2-8,10-11,18H,9H2,1H3. The summed E-state index contributed by atoms with van der Waals surface area (Å²) in [7, 11) is 0. The molecule has 0 aliphatic carbocycles. The van der Waals surface area contributed by atoms with Gasteiger partial charge in [0.1, 0.15) is 6.33 Å². The summed E-state index contributed by atoms with van der Waals surface area (Å²) >= 11 is 0. The van der Waals surface area contributed by atoms with Crippen LogP contribution in [0.5, 0.6) is 0 Å². The first kappa shape index (κ1) is 13.3. The fourth-order valence-corrected chi connectivity index (χ4v) is 1.96. The Bertz CT molecular complexity index is 681. The topological polar surface area (TPSA) is 81.4 Å².